The summed E-state index contributed by atoms with van der Waals surface area (Å²) >= 11 is 0. The Balaban J connectivity index is 1.57. The van der Waals surface area contributed by atoms with Gasteiger partial charge >= 0.3 is 6.09 Å². The van der Waals surface area contributed by atoms with Crippen molar-refractivity contribution in [3.63, 3.8) is 0 Å². The van der Waals surface area contributed by atoms with Crippen molar-refractivity contribution in [2.24, 2.45) is 0 Å². The van der Waals surface area contributed by atoms with Gasteiger partial charge in [-0.15, -0.1) is 0 Å². The van der Waals surface area contributed by atoms with Gasteiger partial charge in [-0.2, -0.15) is 0 Å². The average Bonchev–Trinajstić information content (AvgIpc) is 2.98. The van der Waals surface area contributed by atoms with Gasteiger partial charge in [0.15, 0.2) is 6.29 Å². The number of aromatic nitrogens is 1. The summed E-state index contributed by atoms with van der Waals surface area (Å²) in [6.07, 6.45) is 1.67. The second kappa shape index (κ2) is 7.07. The van der Waals surface area contributed by atoms with Crippen molar-refractivity contribution < 1.29 is 19.1 Å². The zero-order valence-corrected chi connectivity index (χ0v) is 14.6. The number of nitrogens with zero attached hydrogens (tertiary/aromatic N) is 2. The smallest absolute Gasteiger partial charge is 0.410 e. The zero-order chi connectivity index (χ0) is 18.8. The van der Waals surface area contributed by atoms with Crippen molar-refractivity contribution in [3.05, 3.63) is 71.4 Å². The molecule has 2 heterocycles. The maximum atomic E-state index is 12.5. The van der Waals surface area contributed by atoms with Crippen LogP contribution >= 0.6 is 0 Å². The van der Waals surface area contributed by atoms with E-state index in [1.165, 1.54) is 0 Å². The molecule has 1 aromatic heterocycles. The summed E-state index contributed by atoms with van der Waals surface area (Å²) in [5.41, 5.74) is 3.15. The molecule has 2 aromatic carbocycles. The Hall–Kier alpha value is -3.41. The molecule has 1 aliphatic rings. The van der Waals surface area contributed by atoms with E-state index in [0.717, 1.165) is 22.0 Å². The largest absolute Gasteiger partial charge is 0.445 e. The second-order valence-corrected chi connectivity index (χ2v) is 6.49. The molecule has 0 unspecified atom stereocenters. The van der Waals surface area contributed by atoms with E-state index >= 15 is 0 Å². The predicted octanol–water partition coefficient (Wildman–Crippen LogP) is 3.18. The minimum absolute atomic E-state index is 0.227. The molecule has 0 saturated carbocycles. The third kappa shape index (κ3) is 3.21. The molecular weight excluding hydrogens is 344 g/mol. The minimum Gasteiger partial charge on any atom is -0.445 e. The topological polar surface area (TPSA) is 68.6 Å². The molecule has 1 amide bonds. The summed E-state index contributed by atoms with van der Waals surface area (Å²) in [7, 11) is 0. The molecule has 0 atom stereocenters. The van der Waals surface area contributed by atoms with Crippen LogP contribution in [0.25, 0.3) is 10.9 Å². The average molecular weight is 362 g/mol. The zero-order valence-electron chi connectivity index (χ0n) is 14.6. The van der Waals surface area contributed by atoms with Crippen molar-refractivity contribution in [1.29, 1.82) is 0 Å². The van der Waals surface area contributed by atoms with E-state index in [9.17, 15) is 14.4 Å². The number of rotatable bonds is 4. The number of para-hydroxylation sites is 1. The lowest BCUT2D eigenvalue weighted by Gasteiger charge is -2.20. The molecule has 4 rings (SSSR count). The quantitative estimate of drug-likeness (QED) is 0.406. The Morgan fingerprint density at radius 3 is 2.63 bits per heavy atom. The van der Waals surface area contributed by atoms with Crippen LogP contribution in [0.2, 0.25) is 0 Å². The van der Waals surface area contributed by atoms with Gasteiger partial charge in [-0.3, -0.25) is 9.59 Å². The first kappa shape index (κ1) is 17.0. The summed E-state index contributed by atoms with van der Waals surface area (Å²) in [4.78, 5) is 37.0. The molecule has 6 nitrogen and oxygen atoms in total. The number of ether oxygens (including phenoxy) is 1. The molecule has 136 valence electrons. The number of amides is 1. The number of benzene rings is 2. The highest BCUT2D eigenvalue weighted by molar-refractivity contribution is 6.36. The SMILES string of the molecule is O=CC(=O)c1cn2c3c(cccc13)CN(C(=O)OCc1ccccc1)CC2. The van der Waals surface area contributed by atoms with Gasteiger partial charge in [-0.1, -0.05) is 48.5 Å². The van der Waals surface area contributed by atoms with Crippen LogP contribution in [-0.2, 0) is 29.2 Å². The maximum absolute atomic E-state index is 12.5. The molecule has 27 heavy (non-hydrogen) atoms. The van der Waals surface area contributed by atoms with Gasteiger partial charge in [0, 0.05) is 24.7 Å². The number of hydrogen-bond donors (Lipinski definition) is 0. The number of hydrogen-bond acceptors (Lipinski definition) is 4. The van der Waals surface area contributed by atoms with Gasteiger partial charge in [-0.25, -0.2) is 4.79 Å². The van der Waals surface area contributed by atoms with Crippen LogP contribution in [0.3, 0.4) is 0 Å². The van der Waals surface area contributed by atoms with Crippen molar-refractivity contribution >= 4 is 29.1 Å². The van der Waals surface area contributed by atoms with E-state index in [-0.39, 0.29) is 12.7 Å². The van der Waals surface area contributed by atoms with E-state index in [1.54, 1.807) is 11.1 Å². The van der Waals surface area contributed by atoms with E-state index in [4.69, 9.17) is 4.74 Å². The van der Waals surface area contributed by atoms with E-state index in [0.29, 0.717) is 31.5 Å². The van der Waals surface area contributed by atoms with Crippen molar-refractivity contribution in [2.45, 2.75) is 19.7 Å². The van der Waals surface area contributed by atoms with E-state index in [1.807, 2.05) is 53.1 Å². The van der Waals surface area contributed by atoms with Gasteiger partial charge in [-0.05, 0) is 11.1 Å². The molecule has 0 saturated heterocycles. The number of carbonyl (C=O) groups excluding carboxylic acids is 3. The van der Waals surface area contributed by atoms with Gasteiger partial charge < -0.3 is 14.2 Å². The lowest BCUT2D eigenvalue weighted by molar-refractivity contribution is -0.104. The third-order valence-corrected chi connectivity index (χ3v) is 4.79. The standard InChI is InChI=1S/C21H18N2O4/c24-13-19(25)18-12-22-9-10-23(11-16-7-4-8-17(18)20(16)22)21(26)27-14-15-5-2-1-3-6-15/h1-8,12-13H,9-11,14H2. The predicted molar refractivity (Wildman–Crippen MR) is 99.4 cm³/mol. The van der Waals surface area contributed by atoms with Crippen LogP contribution in [0.15, 0.2) is 54.7 Å². The van der Waals surface area contributed by atoms with Crippen LogP contribution in [0.4, 0.5) is 4.79 Å². The molecule has 0 bridgehead atoms. The Labute approximate surface area is 155 Å². The van der Waals surface area contributed by atoms with Crippen LogP contribution < -0.4 is 0 Å². The molecule has 0 spiro atoms. The first-order chi connectivity index (χ1) is 13.2. The summed E-state index contributed by atoms with van der Waals surface area (Å²) in [6, 6.07) is 15.1. The van der Waals surface area contributed by atoms with Gasteiger partial charge in [0.2, 0.25) is 5.78 Å². The van der Waals surface area contributed by atoms with Crippen LogP contribution in [0.1, 0.15) is 21.5 Å². The molecule has 0 fully saturated rings. The highest BCUT2D eigenvalue weighted by Gasteiger charge is 2.24. The summed E-state index contributed by atoms with van der Waals surface area (Å²) in [6.45, 7) is 1.61. The summed E-state index contributed by atoms with van der Waals surface area (Å²) in [5.74, 6) is -0.532. The number of aldehydes is 1. The maximum Gasteiger partial charge on any atom is 0.410 e. The van der Waals surface area contributed by atoms with Crippen LogP contribution in [0.5, 0.6) is 0 Å². The molecule has 6 heteroatoms. The second-order valence-electron chi connectivity index (χ2n) is 6.49. The normalized spacial score (nSPS) is 13.3. The van der Waals surface area contributed by atoms with Crippen LogP contribution in [0, 0.1) is 0 Å². The Kier molecular flexibility index (Phi) is 4.46. The molecule has 1 aliphatic heterocycles. The molecule has 0 radical (unpaired) electrons. The fourth-order valence-electron chi connectivity index (χ4n) is 3.48. The Morgan fingerprint density at radius 2 is 1.85 bits per heavy atom. The molecule has 0 aliphatic carbocycles. The molecule has 0 N–H and O–H groups in total. The lowest BCUT2D eigenvalue weighted by atomic mass is 10.1. The first-order valence-electron chi connectivity index (χ1n) is 8.73. The third-order valence-electron chi connectivity index (χ3n) is 4.79. The van der Waals surface area contributed by atoms with Crippen molar-refractivity contribution in [2.75, 3.05) is 6.54 Å². The summed E-state index contributed by atoms with van der Waals surface area (Å²) in [5, 5.41) is 0.740. The van der Waals surface area contributed by atoms with Crippen LogP contribution in [-0.4, -0.2) is 34.2 Å². The fraction of sp³-hybridized carbons (Fsp3) is 0.190. The molecule has 3 aromatic rings. The number of Topliss-reactive ketones (excluding diaryl/α,β-unsaturated/α-hetero) is 1. The highest BCUT2D eigenvalue weighted by Crippen LogP contribution is 2.28. The van der Waals surface area contributed by atoms with E-state index < -0.39 is 5.78 Å². The minimum atomic E-state index is -0.532. The number of ketones is 1. The van der Waals surface area contributed by atoms with Gasteiger partial charge in [0.1, 0.15) is 6.61 Å². The lowest BCUT2D eigenvalue weighted by Crippen LogP contribution is -2.32. The first-order valence-corrected chi connectivity index (χ1v) is 8.73. The van der Waals surface area contributed by atoms with Gasteiger partial charge in [0.25, 0.3) is 0 Å². The van der Waals surface area contributed by atoms with Crippen molar-refractivity contribution in [3.8, 4) is 0 Å². The number of carbonyl (C=O) groups is 3. The van der Waals surface area contributed by atoms with Gasteiger partial charge in [0.05, 0.1) is 17.6 Å². The highest BCUT2D eigenvalue weighted by atomic mass is 16.6. The monoisotopic (exact) mass is 362 g/mol. The fourth-order valence-corrected chi connectivity index (χ4v) is 3.48. The molecular formula is C21H18N2O4. The Bertz CT molecular complexity index is 1020. The van der Waals surface area contributed by atoms with E-state index in [2.05, 4.69) is 0 Å². The summed E-state index contributed by atoms with van der Waals surface area (Å²) < 4.78 is 7.39. The Morgan fingerprint density at radius 1 is 1.04 bits per heavy atom. The van der Waals surface area contributed by atoms with Crippen molar-refractivity contribution in [1.82, 2.24) is 9.47 Å².